The summed E-state index contributed by atoms with van der Waals surface area (Å²) in [6.07, 6.45) is 3.57. The molecule has 1 aliphatic carbocycles. The molecule has 30 heavy (non-hydrogen) atoms. The van der Waals surface area contributed by atoms with E-state index in [1.54, 1.807) is 24.3 Å². The van der Waals surface area contributed by atoms with Gasteiger partial charge in [0.1, 0.15) is 6.04 Å². The molecule has 1 heterocycles. The number of allylic oxidation sites excluding steroid dienone is 2. The Morgan fingerprint density at radius 1 is 1.00 bits per heavy atom. The summed E-state index contributed by atoms with van der Waals surface area (Å²) < 4.78 is 5.20. The van der Waals surface area contributed by atoms with Crippen molar-refractivity contribution in [2.75, 3.05) is 5.32 Å². The van der Waals surface area contributed by atoms with Gasteiger partial charge in [0.05, 0.1) is 11.8 Å². The molecule has 8 nitrogen and oxygen atoms in total. The Morgan fingerprint density at radius 3 is 2.03 bits per heavy atom. The van der Waals surface area contributed by atoms with Gasteiger partial charge < -0.3 is 10.1 Å². The third kappa shape index (κ3) is 4.17. The Morgan fingerprint density at radius 2 is 1.53 bits per heavy atom. The van der Waals surface area contributed by atoms with Crippen LogP contribution in [0.4, 0.5) is 5.69 Å². The molecule has 3 amide bonds. The second-order valence-corrected chi connectivity index (χ2v) is 7.58. The minimum absolute atomic E-state index is 0.0919. The molecule has 1 aromatic carbocycles. The Balaban J connectivity index is 1.59. The van der Waals surface area contributed by atoms with Crippen LogP contribution in [0.15, 0.2) is 36.4 Å². The van der Waals surface area contributed by atoms with Gasteiger partial charge in [-0.3, -0.25) is 24.1 Å². The number of benzene rings is 1. The number of amides is 3. The first-order chi connectivity index (χ1) is 14.2. The molecule has 1 fully saturated rings. The molecule has 1 aromatic rings. The number of imide groups is 1. The molecule has 1 aliphatic heterocycles. The first kappa shape index (κ1) is 21.4. The highest BCUT2D eigenvalue weighted by molar-refractivity contribution is 6.08. The van der Waals surface area contributed by atoms with Crippen LogP contribution in [0.3, 0.4) is 0 Å². The molecule has 4 atom stereocenters. The van der Waals surface area contributed by atoms with Crippen LogP contribution in [0.5, 0.6) is 0 Å². The van der Waals surface area contributed by atoms with E-state index in [0.29, 0.717) is 24.1 Å². The number of hydrogen-bond donors (Lipinski definition) is 1. The summed E-state index contributed by atoms with van der Waals surface area (Å²) in [5, 5.41) is 2.60. The number of carbonyl (C=O) groups is 5. The van der Waals surface area contributed by atoms with Crippen molar-refractivity contribution in [2.24, 2.45) is 11.8 Å². The minimum Gasteiger partial charge on any atom is -0.451 e. The lowest BCUT2D eigenvalue weighted by molar-refractivity contribution is -0.163. The van der Waals surface area contributed by atoms with Gasteiger partial charge in [0.25, 0.3) is 5.91 Å². The number of esters is 1. The Bertz CT molecular complexity index is 894. The molecular weight excluding hydrogens is 388 g/mol. The van der Waals surface area contributed by atoms with Gasteiger partial charge in [-0.2, -0.15) is 0 Å². The number of hydrogen-bond acceptors (Lipinski definition) is 6. The molecule has 0 bridgehead atoms. The fourth-order valence-electron chi connectivity index (χ4n) is 3.67. The molecule has 1 saturated heterocycles. The van der Waals surface area contributed by atoms with E-state index in [0.717, 1.165) is 4.90 Å². The SMILES string of the molecule is CC(=O)c1ccc(NC(=O)[C@@H](C)OC(=O)[C@H](C)N2C(=O)[C@H]3CC=CC[C@@H]3C2=O)cc1. The van der Waals surface area contributed by atoms with Crippen molar-refractivity contribution in [1.29, 1.82) is 0 Å². The van der Waals surface area contributed by atoms with Crippen molar-refractivity contribution >= 4 is 35.2 Å². The zero-order valence-corrected chi connectivity index (χ0v) is 17.1. The predicted octanol–water partition coefficient (Wildman–Crippen LogP) is 2.10. The maximum atomic E-state index is 12.6. The van der Waals surface area contributed by atoms with Crippen LogP contribution in [-0.4, -0.2) is 46.5 Å². The van der Waals surface area contributed by atoms with Gasteiger partial charge >= 0.3 is 5.97 Å². The Hall–Kier alpha value is -3.29. The van der Waals surface area contributed by atoms with E-state index in [-0.39, 0.29) is 17.6 Å². The molecule has 0 radical (unpaired) electrons. The van der Waals surface area contributed by atoms with Crippen LogP contribution >= 0.6 is 0 Å². The summed E-state index contributed by atoms with van der Waals surface area (Å²) in [6, 6.07) is 5.19. The molecule has 158 valence electrons. The molecule has 1 N–H and O–H groups in total. The summed E-state index contributed by atoms with van der Waals surface area (Å²) in [5.74, 6) is -3.09. The van der Waals surface area contributed by atoms with Crippen LogP contribution in [0.2, 0.25) is 0 Å². The number of ketones is 1. The van der Waals surface area contributed by atoms with Gasteiger partial charge in [-0.1, -0.05) is 12.2 Å². The Kier molecular flexibility index (Phi) is 6.14. The lowest BCUT2D eigenvalue weighted by atomic mass is 9.85. The van der Waals surface area contributed by atoms with Gasteiger partial charge in [-0.05, 0) is 57.9 Å². The third-order valence-electron chi connectivity index (χ3n) is 5.49. The van der Waals surface area contributed by atoms with E-state index in [1.807, 2.05) is 12.2 Å². The molecule has 2 aliphatic rings. The van der Waals surface area contributed by atoms with Crippen LogP contribution in [0.1, 0.15) is 44.0 Å². The van der Waals surface area contributed by atoms with Crippen molar-refractivity contribution in [3.63, 3.8) is 0 Å². The fourth-order valence-corrected chi connectivity index (χ4v) is 3.67. The van der Waals surface area contributed by atoms with Crippen molar-refractivity contribution in [3.8, 4) is 0 Å². The maximum absolute atomic E-state index is 12.6. The van der Waals surface area contributed by atoms with Crippen LogP contribution in [0.25, 0.3) is 0 Å². The van der Waals surface area contributed by atoms with Crippen molar-refractivity contribution in [1.82, 2.24) is 4.90 Å². The van der Waals surface area contributed by atoms with Gasteiger partial charge in [0.2, 0.25) is 11.8 Å². The molecule has 0 aromatic heterocycles. The zero-order chi connectivity index (χ0) is 22.0. The highest BCUT2D eigenvalue weighted by Gasteiger charge is 2.50. The third-order valence-corrected chi connectivity index (χ3v) is 5.49. The summed E-state index contributed by atoms with van der Waals surface area (Å²) >= 11 is 0. The van der Waals surface area contributed by atoms with Crippen molar-refractivity contribution < 1.29 is 28.7 Å². The number of Topliss-reactive ketones (excluding diaryl/α,β-unsaturated/α-hetero) is 1. The molecule has 0 spiro atoms. The number of anilines is 1. The fraction of sp³-hybridized carbons (Fsp3) is 0.409. The quantitative estimate of drug-likeness (QED) is 0.332. The highest BCUT2D eigenvalue weighted by atomic mass is 16.5. The standard InChI is InChI=1S/C22H24N2O6/c1-12(24-20(27)17-6-4-5-7-18(17)21(24)28)22(29)30-14(3)19(26)23-16-10-8-15(9-11-16)13(2)25/h4-5,8-12,14,17-18H,6-7H2,1-3H3,(H,23,26)/t12-,14+,17-,18-/m0/s1. The largest absolute Gasteiger partial charge is 0.451 e. The predicted molar refractivity (Wildman–Crippen MR) is 107 cm³/mol. The molecule has 0 unspecified atom stereocenters. The average molecular weight is 412 g/mol. The second-order valence-electron chi connectivity index (χ2n) is 7.58. The monoisotopic (exact) mass is 412 g/mol. The minimum atomic E-state index is -1.14. The lowest BCUT2D eigenvalue weighted by Gasteiger charge is -2.23. The Labute approximate surface area is 174 Å². The normalized spacial score (nSPS) is 22.3. The number of ether oxygens (including phenoxy) is 1. The van der Waals surface area contributed by atoms with E-state index in [2.05, 4.69) is 5.32 Å². The topological polar surface area (TPSA) is 110 Å². The number of nitrogens with zero attached hydrogens (tertiary/aromatic N) is 1. The molecule has 0 saturated carbocycles. The van der Waals surface area contributed by atoms with E-state index in [1.165, 1.54) is 20.8 Å². The van der Waals surface area contributed by atoms with E-state index < -0.39 is 35.9 Å². The zero-order valence-electron chi connectivity index (χ0n) is 17.1. The van der Waals surface area contributed by atoms with Crippen molar-refractivity contribution in [2.45, 2.75) is 45.8 Å². The van der Waals surface area contributed by atoms with Gasteiger partial charge in [0, 0.05) is 11.3 Å². The van der Waals surface area contributed by atoms with Gasteiger partial charge in [-0.15, -0.1) is 0 Å². The lowest BCUT2D eigenvalue weighted by Crippen LogP contribution is -2.46. The van der Waals surface area contributed by atoms with E-state index in [4.69, 9.17) is 4.74 Å². The molecule has 8 heteroatoms. The number of nitrogens with one attached hydrogen (secondary N) is 1. The highest BCUT2D eigenvalue weighted by Crippen LogP contribution is 2.36. The van der Waals surface area contributed by atoms with Crippen molar-refractivity contribution in [3.05, 3.63) is 42.0 Å². The summed E-state index contributed by atoms with van der Waals surface area (Å²) in [7, 11) is 0. The number of rotatable bonds is 6. The van der Waals surface area contributed by atoms with E-state index >= 15 is 0 Å². The van der Waals surface area contributed by atoms with Crippen LogP contribution in [0, 0.1) is 11.8 Å². The summed E-state index contributed by atoms with van der Waals surface area (Å²) in [6.45, 7) is 4.27. The second kappa shape index (κ2) is 8.61. The number of likely N-dealkylation sites (tertiary alicyclic amines) is 1. The van der Waals surface area contributed by atoms with Crippen LogP contribution in [-0.2, 0) is 23.9 Å². The van der Waals surface area contributed by atoms with E-state index in [9.17, 15) is 24.0 Å². The van der Waals surface area contributed by atoms with Crippen LogP contribution < -0.4 is 5.32 Å². The first-order valence-electron chi connectivity index (χ1n) is 9.85. The van der Waals surface area contributed by atoms with Gasteiger partial charge in [0.15, 0.2) is 11.9 Å². The van der Waals surface area contributed by atoms with Gasteiger partial charge in [-0.25, -0.2) is 4.79 Å². The smallest absolute Gasteiger partial charge is 0.329 e. The molecule has 3 rings (SSSR count). The average Bonchev–Trinajstić information content (AvgIpc) is 2.98. The number of carbonyl (C=O) groups excluding carboxylic acids is 5. The first-order valence-corrected chi connectivity index (χ1v) is 9.85. The molecular formula is C22H24N2O6. The maximum Gasteiger partial charge on any atom is 0.329 e. The summed E-state index contributed by atoms with van der Waals surface area (Å²) in [5.41, 5.74) is 0.958. The number of fused-ring (bicyclic) bond motifs is 1. The summed E-state index contributed by atoms with van der Waals surface area (Å²) in [4.78, 5) is 62.3.